The topological polar surface area (TPSA) is 46.2 Å². The Morgan fingerprint density at radius 2 is 2.29 bits per heavy atom. The van der Waals surface area contributed by atoms with Gasteiger partial charge in [-0.3, -0.25) is 0 Å². The average molecular weight is 191 g/mol. The normalized spacial score (nSPS) is 25.9. The molecule has 3 N–H and O–H groups in total. The van der Waals surface area contributed by atoms with Crippen molar-refractivity contribution < 1.29 is 5.11 Å². The molecule has 1 aliphatic rings. The zero-order chi connectivity index (χ0) is 10.2. The van der Waals surface area contributed by atoms with Crippen molar-refractivity contribution in [3.05, 3.63) is 29.3 Å². The summed E-state index contributed by atoms with van der Waals surface area (Å²) in [5, 5.41) is 9.73. The van der Waals surface area contributed by atoms with Gasteiger partial charge < -0.3 is 10.8 Å². The van der Waals surface area contributed by atoms with Crippen molar-refractivity contribution in [3.8, 4) is 5.75 Å². The van der Waals surface area contributed by atoms with Crippen LogP contribution in [0.1, 0.15) is 37.3 Å². The summed E-state index contributed by atoms with van der Waals surface area (Å²) in [5.74, 6) is 0.408. The summed E-state index contributed by atoms with van der Waals surface area (Å²) >= 11 is 0. The van der Waals surface area contributed by atoms with E-state index in [1.54, 1.807) is 6.07 Å². The third-order valence-corrected chi connectivity index (χ3v) is 3.37. The molecule has 0 aliphatic heterocycles. The Bertz CT molecular complexity index is 348. The van der Waals surface area contributed by atoms with Crippen molar-refractivity contribution in [3.63, 3.8) is 0 Å². The number of phenolic OH excluding ortho intramolecular Hbond substituents is 1. The molecule has 1 unspecified atom stereocenters. The lowest BCUT2D eigenvalue weighted by molar-refractivity contribution is 0.351. The molecule has 0 saturated heterocycles. The van der Waals surface area contributed by atoms with Crippen molar-refractivity contribution in [1.82, 2.24) is 0 Å². The fraction of sp³-hybridized carbons (Fsp3) is 0.500. The summed E-state index contributed by atoms with van der Waals surface area (Å²) < 4.78 is 0. The van der Waals surface area contributed by atoms with Gasteiger partial charge in [-0.1, -0.05) is 19.1 Å². The van der Waals surface area contributed by atoms with Crippen LogP contribution in [0, 0.1) is 0 Å². The lowest BCUT2D eigenvalue weighted by Crippen LogP contribution is -2.39. The molecule has 1 aliphatic carbocycles. The fourth-order valence-electron chi connectivity index (χ4n) is 2.39. The largest absolute Gasteiger partial charge is 0.508 e. The minimum Gasteiger partial charge on any atom is -0.508 e. The molecule has 2 nitrogen and oxygen atoms in total. The molecule has 1 aromatic carbocycles. The quantitative estimate of drug-likeness (QED) is 0.715. The highest BCUT2D eigenvalue weighted by atomic mass is 16.3. The second kappa shape index (κ2) is 3.28. The second-order valence-electron chi connectivity index (χ2n) is 4.17. The maximum Gasteiger partial charge on any atom is 0.119 e. The van der Waals surface area contributed by atoms with Gasteiger partial charge in [0.15, 0.2) is 0 Å². The van der Waals surface area contributed by atoms with Crippen LogP contribution in [0.4, 0.5) is 0 Å². The standard InChI is InChI=1S/C12H17NO/c1-2-12(13)8-4-5-9-10(12)6-3-7-11(9)14/h3,6-7,14H,2,4-5,8,13H2,1H3. The molecule has 0 aromatic heterocycles. The summed E-state index contributed by atoms with van der Waals surface area (Å²) in [4.78, 5) is 0. The molecule has 0 amide bonds. The van der Waals surface area contributed by atoms with Crippen LogP contribution in [0.2, 0.25) is 0 Å². The lowest BCUT2D eigenvalue weighted by atomic mass is 9.75. The predicted octanol–water partition coefficient (Wildman–Crippen LogP) is 2.29. The van der Waals surface area contributed by atoms with Crippen LogP contribution in [-0.2, 0) is 12.0 Å². The smallest absolute Gasteiger partial charge is 0.119 e. The number of aromatic hydroxyl groups is 1. The van der Waals surface area contributed by atoms with Gasteiger partial charge in [-0.25, -0.2) is 0 Å². The van der Waals surface area contributed by atoms with Crippen LogP contribution in [0.5, 0.6) is 5.75 Å². The zero-order valence-corrected chi connectivity index (χ0v) is 8.59. The van der Waals surface area contributed by atoms with E-state index in [1.165, 1.54) is 0 Å². The highest BCUT2D eigenvalue weighted by molar-refractivity contribution is 5.44. The highest BCUT2D eigenvalue weighted by Gasteiger charge is 2.31. The van der Waals surface area contributed by atoms with Crippen molar-refractivity contribution >= 4 is 0 Å². The SMILES string of the molecule is CCC1(N)CCCc2c(O)cccc21. The minimum atomic E-state index is -0.216. The van der Waals surface area contributed by atoms with E-state index >= 15 is 0 Å². The van der Waals surface area contributed by atoms with Gasteiger partial charge in [0.2, 0.25) is 0 Å². The first-order chi connectivity index (χ1) is 6.67. The molecule has 76 valence electrons. The fourth-order valence-corrected chi connectivity index (χ4v) is 2.39. The van der Waals surface area contributed by atoms with Crippen LogP contribution < -0.4 is 5.73 Å². The van der Waals surface area contributed by atoms with Gasteiger partial charge in [0.05, 0.1) is 0 Å². The van der Waals surface area contributed by atoms with Crippen molar-refractivity contribution in [1.29, 1.82) is 0 Å². The minimum absolute atomic E-state index is 0.216. The number of hydrogen-bond donors (Lipinski definition) is 2. The van der Waals surface area contributed by atoms with Crippen LogP contribution in [-0.4, -0.2) is 5.11 Å². The number of phenols is 1. The molecule has 0 radical (unpaired) electrons. The van der Waals surface area contributed by atoms with E-state index in [1.807, 2.05) is 6.07 Å². The molecule has 1 atom stereocenters. The molecule has 14 heavy (non-hydrogen) atoms. The lowest BCUT2D eigenvalue weighted by Gasteiger charge is -2.35. The van der Waals surface area contributed by atoms with Crippen LogP contribution >= 0.6 is 0 Å². The van der Waals surface area contributed by atoms with E-state index in [2.05, 4.69) is 13.0 Å². The predicted molar refractivity (Wildman–Crippen MR) is 57.2 cm³/mol. The number of rotatable bonds is 1. The van der Waals surface area contributed by atoms with Gasteiger partial charge in [-0.05, 0) is 42.9 Å². The molecular formula is C12H17NO. The van der Waals surface area contributed by atoms with Crippen molar-refractivity contribution in [2.45, 2.75) is 38.1 Å². The third-order valence-electron chi connectivity index (χ3n) is 3.37. The summed E-state index contributed by atoms with van der Waals surface area (Å²) in [5.41, 5.74) is 8.31. The molecule has 0 saturated carbocycles. The Labute approximate surface area is 84.7 Å². The van der Waals surface area contributed by atoms with E-state index in [0.29, 0.717) is 5.75 Å². The van der Waals surface area contributed by atoms with Crippen LogP contribution in [0.3, 0.4) is 0 Å². The number of hydrogen-bond acceptors (Lipinski definition) is 2. The van der Waals surface area contributed by atoms with Gasteiger partial charge in [-0.2, -0.15) is 0 Å². The number of benzene rings is 1. The Kier molecular flexibility index (Phi) is 2.23. The Morgan fingerprint density at radius 1 is 1.50 bits per heavy atom. The number of nitrogens with two attached hydrogens (primary N) is 1. The van der Waals surface area contributed by atoms with Gasteiger partial charge >= 0.3 is 0 Å². The van der Waals surface area contributed by atoms with Crippen LogP contribution in [0.25, 0.3) is 0 Å². The van der Waals surface area contributed by atoms with Crippen LogP contribution in [0.15, 0.2) is 18.2 Å². The summed E-state index contributed by atoms with van der Waals surface area (Å²) in [6, 6.07) is 5.69. The van der Waals surface area contributed by atoms with Gasteiger partial charge in [0.1, 0.15) is 5.75 Å². The Hall–Kier alpha value is -1.02. The van der Waals surface area contributed by atoms with E-state index < -0.39 is 0 Å². The van der Waals surface area contributed by atoms with E-state index in [0.717, 1.165) is 36.8 Å². The van der Waals surface area contributed by atoms with Gasteiger partial charge in [0, 0.05) is 5.54 Å². The number of fused-ring (bicyclic) bond motifs is 1. The second-order valence-corrected chi connectivity index (χ2v) is 4.17. The van der Waals surface area contributed by atoms with Gasteiger partial charge in [0.25, 0.3) is 0 Å². The first-order valence-corrected chi connectivity index (χ1v) is 5.27. The summed E-state index contributed by atoms with van der Waals surface area (Å²) in [6.07, 6.45) is 4.00. The summed E-state index contributed by atoms with van der Waals surface area (Å²) in [6.45, 7) is 2.11. The molecular weight excluding hydrogens is 174 g/mol. The first-order valence-electron chi connectivity index (χ1n) is 5.27. The Balaban J connectivity index is 2.55. The van der Waals surface area contributed by atoms with E-state index in [4.69, 9.17) is 5.73 Å². The molecule has 0 heterocycles. The highest BCUT2D eigenvalue weighted by Crippen LogP contribution is 2.38. The molecule has 2 rings (SSSR count). The van der Waals surface area contributed by atoms with E-state index in [-0.39, 0.29) is 5.54 Å². The molecule has 1 aromatic rings. The maximum absolute atomic E-state index is 9.73. The third kappa shape index (κ3) is 1.30. The van der Waals surface area contributed by atoms with Crippen molar-refractivity contribution in [2.75, 3.05) is 0 Å². The van der Waals surface area contributed by atoms with Crippen molar-refractivity contribution in [2.24, 2.45) is 5.73 Å². The molecule has 0 spiro atoms. The molecule has 0 fully saturated rings. The zero-order valence-electron chi connectivity index (χ0n) is 8.59. The van der Waals surface area contributed by atoms with E-state index in [9.17, 15) is 5.11 Å². The summed E-state index contributed by atoms with van der Waals surface area (Å²) in [7, 11) is 0. The average Bonchev–Trinajstić information content (AvgIpc) is 2.20. The monoisotopic (exact) mass is 191 g/mol. The Morgan fingerprint density at radius 3 is 3.00 bits per heavy atom. The molecule has 0 bridgehead atoms. The first kappa shape index (κ1) is 9.53. The maximum atomic E-state index is 9.73. The van der Waals surface area contributed by atoms with Gasteiger partial charge in [-0.15, -0.1) is 0 Å². The molecule has 2 heteroatoms.